The topological polar surface area (TPSA) is 31.0 Å². The number of hydrogen-bond donors (Lipinski definition) is 0. The number of rotatable bonds is 3. The molecule has 0 atom stereocenters. The van der Waals surface area contributed by atoms with Crippen LogP contribution >= 0.6 is 11.3 Å². The van der Waals surface area contributed by atoms with E-state index in [1.807, 2.05) is 18.2 Å². The number of hydrogen-bond acceptors (Lipinski definition) is 3. The van der Waals surface area contributed by atoms with E-state index in [2.05, 4.69) is 132 Å². The van der Waals surface area contributed by atoms with Gasteiger partial charge in [0.25, 0.3) is 0 Å². The van der Waals surface area contributed by atoms with E-state index in [0.29, 0.717) is 0 Å². The molecule has 0 fully saturated rings. The van der Waals surface area contributed by atoms with Gasteiger partial charge in [-0.15, -0.1) is 11.3 Å². The third-order valence-corrected chi connectivity index (χ3v) is 10.2. The highest BCUT2D eigenvalue weighted by atomic mass is 32.1. The van der Waals surface area contributed by atoms with Crippen LogP contribution in [-0.4, -0.2) is 9.55 Å². The van der Waals surface area contributed by atoms with E-state index in [1.54, 1.807) is 11.3 Å². The Labute approximate surface area is 262 Å². The fourth-order valence-corrected chi connectivity index (χ4v) is 8.14. The predicted octanol–water partition coefficient (Wildman–Crippen LogP) is 11.8. The largest absolute Gasteiger partial charge is 0.456 e. The normalized spacial score (nSPS) is 12.0. The van der Waals surface area contributed by atoms with Gasteiger partial charge in [0.1, 0.15) is 16.2 Å². The molecule has 210 valence electrons. The third-order valence-electron chi connectivity index (χ3n) is 9.03. The van der Waals surface area contributed by atoms with Gasteiger partial charge in [-0.05, 0) is 71.1 Å². The molecule has 0 aliphatic heterocycles. The van der Waals surface area contributed by atoms with Crippen molar-refractivity contribution in [2.45, 2.75) is 0 Å². The van der Waals surface area contributed by atoms with Gasteiger partial charge in [-0.1, -0.05) is 91.0 Å². The van der Waals surface area contributed by atoms with Crippen molar-refractivity contribution in [3.05, 3.63) is 146 Å². The Morgan fingerprint density at radius 3 is 2.09 bits per heavy atom. The summed E-state index contributed by atoms with van der Waals surface area (Å²) < 4.78 is 9.73. The summed E-state index contributed by atoms with van der Waals surface area (Å²) in [5.41, 5.74) is 9.97. The maximum atomic E-state index is 6.14. The summed E-state index contributed by atoms with van der Waals surface area (Å²) in [5, 5.41) is 8.31. The number of thiazole rings is 1. The molecule has 0 spiro atoms. The van der Waals surface area contributed by atoms with Gasteiger partial charge in [-0.2, -0.15) is 0 Å². The average molecular weight is 593 g/mol. The fourth-order valence-electron chi connectivity index (χ4n) is 7.02. The first kappa shape index (κ1) is 24.7. The molecule has 10 aromatic rings. The second kappa shape index (κ2) is 9.39. The molecule has 0 saturated carbocycles. The first-order valence-corrected chi connectivity index (χ1v) is 16.0. The highest BCUT2D eigenvalue weighted by Crippen LogP contribution is 2.43. The molecule has 45 heavy (non-hydrogen) atoms. The van der Waals surface area contributed by atoms with Crippen LogP contribution in [0.2, 0.25) is 0 Å². The number of fused-ring (bicyclic) bond motifs is 10. The van der Waals surface area contributed by atoms with E-state index in [-0.39, 0.29) is 0 Å². The minimum absolute atomic E-state index is 0.906. The van der Waals surface area contributed by atoms with Gasteiger partial charge in [0, 0.05) is 38.2 Å². The van der Waals surface area contributed by atoms with E-state index in [9.17, 15) is 0 Å². The maximum absolute atomic E-state index is 6.14. The van der Waals surface area contributed by atoms with Crippen molar-refractivity contribution in [2.75, 3.05) is 0 Å². The summed E-state index contributed by atoms with van der Waals surface area (Å²) >= 11 is 1.73. The molecule has 0 saturated heterocycles. The molecular weight excluding hydrogens is 569 g/mol. The van der Waals surface area contributed by atoms with Gasteiger partial charge < -0.3 is 8.98 Å². The summed E-state index contributed by atoms with van der Waals surface area (Å²) in [7, 11) is 0. The van der Waals surface area contributed by atoms with Crippen molar-refractivity contribution in [3.63, 3.8) is 0 Å². The lowest BCUT2D eigenvalue weighted by Gasteiger charge is -2.13. The van der Waals surface area contributed by atoms with Gasteiger partial charge in [0.15, 0.2) is 0 Å². The molecule has 3 aromatic heterocycles. The smallest absolute Gasteiger partial charge is 0.137 e. The molecule has 7 aromatic carbocycles. The highest BCUT2D eigenvalue weighted by molar-refractivity contribution is 7.22. The first-order valence-electron chi connectivity index (χ1n) is 15.1. The molecule has 3 heterocycles. The van der Waals surface area contributed by atoms with E-state index < -0.39 is 0 Å². The summed E-state index contributed by atoms with van der Waals surface area (Å²) in [5.74, 6) is 0. The zero-order valence-corrected chi connectivity index (χ0v) is 24.9. The van der Waals surface area contributed by atoms with Gasteiger partial charge in [-0.25, -0.2) is 4.98 Å². The van der Waals surface area contributed by atoms with Crippen LogP contribution in [0.3, 0.4) is 0 Å². The lowest BCUT2D eigenvalue weighted by atomic mass is 9.95. The maximum Gasteiger partial charge on any atom is 0.137 e. The predicted molar refractivity (Wildman–Crippen MR) is 190 cm³/mol. The second-order valence-corrected chi connectivity index (χ2v) is 12.5. The number of aromatic nitrogens is 2. The van der Waals surface area contributed by atoms with Crippen molar-refractivity contribution in [2.24, 2.45) is 0 Å². The summed E-state index contributed by atoms with van der Waals surface area (Å²) in [4.78, 5) is 5.06. The minimum atomic E-state index is 0.906. The number of furan rings is 1. The average Bonchev–Trinajstić information content (AvgIpc) is 3.80. The lowest BCUT2D eigenvalue weighted by molar-refractivity contribution is 0.669. The summed E-state index contributed by atoms with van der Waals surface area (Å²) in [6, 6.07) is 51.9. The molecule has 0 bridgehead atoms. The Kier molecular flexibility index (Phi) is 5.16. The number of para-hydroxylation sites is 2. The first-order chi connectivity index (χ1) is 22.3. The monoisotopic (exact) mass is 592 g/mol. The number of benzene rings is 7. The fraction of sp³-hybridized carbons (Fsp3) is 0. The molecule has 0 aliphatic rings. The Morgan fingerprint density at radius 1 is 0.533 bits per heavy atom. The zero-order valence-electron chi connectivity index (χ0n) is 24.1. The number of nitrogens with zero attached hydrogens (tertiary/aromatic N) is 2. The van der Waals surface area contributed by atoms with Gasteiger partial charge in [0.05, 0.1) is 21.3 Å². The van der Waals surface area contributed by atoms with Gasteiger partial charge in [0.2, 0.25) is 0 Å². The Morgan fingerprint density at radius 2 is 1.24 bits per heavy atom. The van der Waals surface area contributed by atoms with Gasteiger partial charge >= 0.3 is 0 Å². The van der Waals surface area contributed by atoms with E-state index in [4.69, 9.17) is 9.40 Å². The minimum Gasteiger partial charge on any atom is -0.456 e. The van der Waals surface area contributed by atoms with Crippen molar-refractivity contribution in [1.29, 1.82) is 0 Å². The molecule has 0 amide bonds. The van der Waals surface area contributed by atoms with E-state index >= 15 is 0 Å². The van der Waals surface area contributed by atoms with Crippen LogP contribution in [0.1, 0.15) is 0 Å². The molecule has 4 heteroatoms. The molecule has 0 radical (unpaired) electrons. The SMILES string of the molecule is c1ccc(-c2cc3c4ccccc4n(-c4ccc(-c5nc6ccc7oc8ccccc8c7c6s5)cc4)c3c3ccccc23)cc1. The molecule has 0 aliphatic carbocycles. The quantitative estimate of drug-likeness (QED) is 0.204. The van der Waals surface area contributed by atoms with Crippen molar-refractivity contribution in [3.8, 4) is 27.4 Å². The van der Waals surface area contributed by atoms with Crippen LogP contribution < -0.4 is 0 Å². The van der Waals surface area contributed by atoms with E-state index in [0.717, 1.165) is 43.7 Å². The highest BCUT2D eigenvalue weighted by Gasteiger charge is 2.19. The van der Waals surface area contributed by atoms with Crippen molar-refractivity contribution in [1.82, 2.24) is 9.55 Å². The van der Waals surface area contributed by atoms with Gasteiger partial charge in [-0.3, -0.25) is 0 Å². The van der Waals surface area contributed by atoms with Crippen LogP contribution in [-0.2, 0) is 0 Å². The Bertz CT molecular complexity index is 2750. The van der Waals surface area contributed by atoms with Crippen LogP contribution in [0.25, 0.3) is 92.1 Å². The standard InChI is InChI=1S/C41H24N2OS/c1-2-10-25(11-3-1)32-24-33-29-13-6-8-16-35(29)43(39(33)30-14-5-4-12-28(30)32)27-20-18-26(19-21-27)41-42-34-22-23-37-38(40(34)45-41)31-15-7-9-17-36(31)44-37/h1-24H. The van der Waals surface area contributed by atoms with Crippen LogP contribution in [0.5, 0.6) is 0 Å². The van der Waals surface area contributed by atoms with Crippen molar-refractivity contribution < 1.29 is 4.42 Å². The van der Waals surface area contributed by atoms with Crippen LogP contribution in [0.4, 0.5) is 0 Å². The van der Waals surface area contributed by atoms with E-state index in [1.165, 1.54) is 48.4 Å². The molecule has 3 nitrogen and oxygen atoms in total. The van der Waals surface area contributed by atoms with Crippen LogP contribution in [0, 0.1) is 0 Å². The lowest BCUT2D eigenvalue weighted by Crippen LogP contribution is -1.95. The summed E-state index contributed by atoms with van der Waals surface area (Å²) in [6.45, 7) is 0. The molecule has 10 rings (SSSR count). The molecule has 0 N–H and O–H groups in total. The summed E-state index contributed by atoms with van der Waals surface area (Å²) in [6.07, 6.45) is 0. The van der Waals surface area contributed by atoms with Crippen LogP contribution in [0.15, 0.2) is 150 Å². The zero-order chi connectivity index (χ0) is 29.5. The van der Waals surface area contributed by atoms with Crippen molar-refractivity contribution >= 4 is 76.1 Å². The molecular formula is C41H24N2OS. The Balaban J connectivity index is 1.17. The second-order valence-electron chi connectivity index (χ2n) is 11.5. The molecule has 0 unspecified atom stereocenters. The third kappa shape index (κ3) is 3.60. The Hall–Kier alpha value is -5.71.